The van der Waals surface area contributed by atoms with Crippen molar-refractivity contribution in [1.29, 1.82) is 0 Å². The van der Waals surface area contributed by atoms with Gasteiger partial charge in [0.2, 0.25) is 11.3 Å². The lowest BCUT2D eigenvalue weighted by atomic mass is 9.60. The van der Waals surface area contributed by atoms with E-state index in [1.54, 1.807) is 0 Å². The lowest BCUT2D eigenvalue weighted by Gasteiger charge is -2.50. The zero-order chi connectivity index (χ0) is 20.2. The van der Waals surface area contributed by atoms with Crippen LogP contribution in [0.3, 0.4) is 0 Å². The fourth-order valence-corrected chi connectivity index (χ4v) is 2.62. The SMILES string of the molecule is CC(C(C(C)(F)C(F)(F)F)C(F)(C(C)(C)C)C(F)(F)F)C(F)(F)F. The Morgan fingerprint density at radius 1 is 0.583 bits per heavy atom. The third-order valence-corrected chi connectivity index (χ3v) is 4.09. The maximum Gasteiger partial charge on any atom is 0.423 e. The molecule has 0 nitrogen and oxygen atoms in total. The summed E-state index contributed by atoms with van der Waals surface area (Å²) < 4.78 is 146. The smallest absolute Gasteiger partial charge is 0.234 e. The van der Waals surface area contributed by atoms with E-state index in [1.807, 2.05) is 0 Å². The van der Waals surface area contributed by atoms with Gasteiger partial charge in [-0.25, -0.2) is 8.78 Å². The van der Waals surface area contributed by atoms with Gasteiger partial charge in [-0.05, 0) is 6.92 Å². The molecule has 0 rings (SSSR count). The van der Waals surface area contributed by atoms with E-state index >= 15 is 0 Å². The van der Waals surface area contributed by atoms with Crippen LogP contribution in [0.15, 0.2) is 0 Å². The molecule has 0 aromatic rings. The van der Waals surface area contributed by atoms with Crippen molar-refractivity contribution in [2.24, 2.45) is 17.3 Å². The maximum atomic E-state index is 14.9. The molecule has 0 aliphatic carbocycles. The van der Waals surface area contributed by atoms with Crippen LogP contribution in [0, 0.1) is 17.3 Å². The van der Waals surface area contributed by atoms with E-state index in [0.717, 1.165) is 0 Å². The average Bonchev–Trinajstić information content (AvgIpc) is 2.22. The summed E-state index contributed by atoms with van der Waals surface area (Å²) in [5.74, 6) is -7.65. The van der Waals surface area contributed by atoms with Gasteiger partial charge >= 0.3 is 18.5 Å². The highest BCUT2D eigenvalue weighted by Crippen LogP contribution is 2.61. The van der Waals surface area contributed by atoms with Gasteiger partial charge in [-0.2, -0.15) is 39.5 Å². The van der Waals surface area contributed by atoms with Gasteiger partial charge in [0, 0.05) is 5.41 Å². The van der Waals surface area contributed by atoms with Crippen LogP contribution in [-0.2, 0) is 0 Å². The molecule has 0 heterocycles. The fraction of sp³-hybridized carbons (Fsp3) is 1.00. The predicted octanol–water partition coefficient (Wildman–Crippen LogP) is 6.41. The molecule has 0 N–H and O–H groups in total. The van der Waals surface area contributed by atoms with Crippen molar-refractivity contribution in [3.63, 3.8) is 0 Å². The molecule has 0 spiro atoms. The van der Waals surface area contributed by atoms with Gasteiger partial charge in [-0.15, -0.1) is 0 Å². The minimum atomic E-state index is -6.17. The van der Waals surface area contributed by atoms with Crippen molar-refractivity contribution in [3.05, 3.63) is 0 Å². The molecular formula is C13H17F11. The Hall–Kier alpha value is -0.770. The summed E-state index contributed by atoms with van der Waals surface area (Å²) in [5.41, 5.74) is -13.0. The fourth-order valence-electron chi connectivity index (χ4n) is 2.62. The predicted molar refractivity (Wildman–Crippen MR) is 63.6 cm³/mol. The largest absolute Gasteiger partial charge is 0.423 e. The minimum absolute atomic E-state index is 0.0972. The van der Waals surface area contributed by atoms with E-state index in [9.17, 15) is 48.3 Å². The molecular weight excluding hydrogens is 365 g/mol. The first-order valence-corrected chi connectivity index (χ1v) is 6.61. The van der Waals surface area contributed by atoms with Crippen molar-refractivity contribution in [2.45, 2.75) is 64.5 Å². The molecule has 0 aliphatic heterocycles. The second-order valence-electron chi connectivity index (χ2n) is 6.84. The number of halogens is 11. The normalized spacial score (nSPS) is 22.5. The third-order valence-electron chi connectivity index (χ3n) is 4.09. The van der Waals surface area contributed by atoms with Crippen LogP contribution in [-0.4, -0.2) is 29.9 Å². The van der Waals surface area contributed by atoms with E-state index < -0.39 is 54.0 Å². The van der Waals surface area contributed by atoms with Crippen LogP contribution in [0.25, 0.3) is 0 Å². The molecule has 0 bridgehead atoms. The molecule has 4 atom stereocenters. The summed E-state index contributed by atoms with van der Waals surface area (Å²) in [6.07, 6.45) is -18.0. The van der Waals surface area contributed by atoms with Crippen molar-refractivity contribution < 1.29 is 48.3 Å². The average molecular weight is 382 g/mol. The molecule has 0 saturated heterocycles. The first-order chi connectivity index (χ1) is 10.0. The van der Waals surface area contributed by atoms with Gasteiger partial charge in [0.1, 0.15) is 0 Å². The Balaban J connectivity index is 6.84. The quantitative estimate of drug-likeness (QED) is 0.495. The Labute approximate surface area is 131 Å². The Kier molecular flexibility index (Phi) is 5.70. The number of alkyl halides is 11. The minimum Gasteiger partial charge on any atom is -0.234 e. The highest BCUT2D eigenvalue weighted by Gasteiger charge is 2.77. The van der Waals surface area contributed by atoms with Gasteiger partial charge in [-0.1, -0.05) is 27.7 Å². The lowest BCUT2D eigenvalue weighted by Crippen LogP contribution is -2.67. The molecule has 0 aliphatic rings. The van der Waals surface area contributed by atoms with Crippen LogP contribution >= 0.6 is 0 Å². The van der Waals surface area contributed by atoms with E-state index in [0.29, 0.717) is 20.8 Å². The Morgan fingerprint density at radius 3 is 1.08 bits per heavy atom. The van der Waals surface area contributed by atoms with E-state index in [2.05, 4.69) is 0 Å². The molecule has 4 unspecified atom stereocenters. The van der Waals surface area contributed by atoms with Gasteiger partial charge in [0.25, 0.3) is 0 Å². The van der Waals surface area contributed by atoms with Crippen LogP contribution in [0.5, 0.6) is 0 Å². The van der Waals surface area contributed by atoms with Crippen molar-refractivity contribution in [2.75, 3.05) is 0 Å². The number of hydrogen-bond donors (Lipinski definition) is 0. The summed E-state index contributed by atoms with van der Waals surface area (Å²) in [4.78, 5) is 0. The molecule has 24 heavy (non-hydrogen) atoms. The summed E-state index contributed by atoms with van der Waals surface area (Å²) in [5, 5.41) is 0. The topological polar surface area (TPSA) is 0 Å². The summed E-state index contributed by atoms with van der Waals surface area (Å²) >= 11 is 0. The highest BCUT2D eigenvalue weighted by atomic mass is 19.4. The van der Waals surface area contributed by atoms with Crippen molar-refractivity contribution >= 4 is 0 Å². The molecule has 0 aromatic carbocycles. The Morgan fingerprint density at radius 2 is 0.917 bits per heavy atom. The molecule has 146 valence electrons. The molecule has 0 amide bonds. The van der Waals surface area contributed by atoms with Gasteiger partial charge in [0.05, 0.1) is 11.8 Å². The van der Waals surface area contributed by atoms with E-state index in [-0.39, 0.29) is 6.92 Å². The standard InChI is InChI=1S/C13H17F11/c1-6(11(16,17)18)7(9(5,14)12(19,20)21)10(15,8(2,3)4)13(22,23)24/h6-7H,1-5H3. The second kappa shape index (κ2) is 5.89. The lowest BCUT2D eigenvalue weighted by molar-refractivity contribution is -0.351. The zero-order valence-electron chi connectivity index (χ0n) is 13.3. The highest BCUT2D eigenvalue weighted by molar-refractivity contribution is 5.12. The third kappa shape index (κ3) is 3.74. The molecule has 0 radical (unpaired) electrons. The zero-order valence-corrected chi connectivity index (χ0v) is 13.3. The van der Waals surface area contributed by atoms with Gasteiger partial charge < -0.3 is 0 Å². The summed E-state index contributed by atoms with van der Waals surface area (Å²) in [6.45, 7) is 0.779. The van der Waals surface area contributed by atoms with E-state index in [4.69, 9.17) is 0 Å². The van der Waals surface area contributed by atoms with E-state index in [1.165, 1.54) is 0 Å². The monoisotopic (exact) mass is 382 g/mol. The maximum absolute atomic E-state index is 14.9. The van der Waals surface area contributed by atoms with Gasteiger partial charge in [0.15, 0.2) is 0 Å². The second-order valence-corrected chi connectivity index (χ2v) is 6.84. The first-order valence-electron chi connectivity index (χ1n) is 6.61. The molecule has 0 saturated carbocycles. The number of hydrogen-bond acceptors (Lipinski definition) is 0. The van der Waals surface area contributed by atoms with Crippen LogP contribution < -0.4 is 0 Å². The van der Waals surface area contributed by atoms with Crippen LogP contribution in [0.1, 0.15) is 34.6 Å². The van der Waals surface area contributed by atoms with Crippen molar-refractivity contribution in [1.82, 2.24) is 0 Å². The van der Waals surface area contributed by atoms with Gasteiger partial charge in [-0.3, -0.25) is 0 Å². The van der Waals surface area contributed by atoms with Crippen molar-refractivity contribution in [3.8, 4) is 0 Å². The number of rotatable bonds is 3. The van der Waals surface area contributed by atoms with Crippen LogP contribution in [0.2, 0.25) is 0 Å². The Bertz CT molecular complexity index is 419. The molecule has 0 aromatic heterocycles. The molecule has 11 heteroatoms. The molecule has 0 fully saturated rings. The summed E-state index contributed by atoms with van der Waals surface area (Å²) in [7, 11) is 0. The van der Waals surface area contributed by atoms with Crippen LogP contribution in [0.4, 0.5) is 48.3 Å². The first kappa shape index (κ1) is 23.2. The summed E-state index contributed by atoms with van der Waals surface area (Å²) in [6, 6.07) is 0.